The molecule has 2 atom stereocenters. The monoisotopic (exact) mass is 243 g/mol. The maximum atomic E-state index is 11.6. The summed E-state index contributed by atoms with van der Waals surface area (Å²) in [6.45, 7) is 6.96. The quantitative estimate of drug-likeness (QED) is 0.576. The molecule has 0 fully saturated rings. The van der Waals surface area contributed by atoms with Crippen molar-refractivity contribution in [3.05, 3.63) is 0 Å². The minimum atomic E-state index is -0.487. The summed E-state index contributed by atoms with van der Waals surface area (Å²) in [4.78, 5) is 22.8. The van der Waals surface area contributed by atoms with Gasteiger partial charge in [0.2, 0.25) is 11.8 Å². The van der Waals surface area contributed by atoms with E-state index in [9.17, 15) is 9.59 Å². The lowest BCUT2D eigenvalue weighted by molar-refractivity contribution is -0.124. The second-order valence-electron chi connectivity index (χ2n) is 4.30. The maximum absolute atomic E-state index is 11.6. The van der Waals surface area contributed by atoms with Gasteiger partial charge in [0.15, 0.2) is 0 Å². The first-order valence-corrected chi connectivity index (χ1v) is 6.32. The first-order chi connectivity index (χ1) is 8.02. The zero-order valence-electron chi connectivity index (χ0n) is 11.1. The third-order valence-electron chi connectivity index (χ3n) is 2.78. The van der Waals surface area contributed by atoms with Gasteiger partial charge in [-0.05, 0) is 12.3 Å². The largest absolute Gasteiger partial charge is 0.356 e. The molecule has 0 aliphatic carbocycles. The van der Waals surface area contributed by atoms with E-state index in [1.807, 2.05) is 20.8 Å². The van der Waals surface area contributed by atoms with Crippen molar-refractivity contribution in [1.29, 1.82) is 0 Å². The molecule has 17 heavy (non-hydrogen) atoms. The van der Waals surface area contributed by atoms with Crippen LogP contribution in [0.15, 0.2) is 0 Å². The van der Waals surface area contributed by atoms with Gasteiger partial charge in [-0.15, -0.1) is 0 Å². The van der Waals surface area contributed by atoms with Gasteiger partial charge in [0.25, 0.3) is 0 Å². The van der Waals surface area contributed by atoms with E-state index in [0.717, 1.165) is 12.8 Å². The Labute approximate surface area is 104 Å². The van der Waals surface area contributed by atoms with E-state index in [1.165, 1.54) is 0 Å². The average Bonchev–Trinajstić information content (AvgIpc) is 2.34. The molecule has 0 aliphatic rings. The van der Waals surface area contributed by atoms with Gasteiger partial charge in [-0.3, -0.25) is 9.59 Å². The molecular weight excluding hydrogens is 218 g/mol. The van der Waals surface area contributed by atoms with Crippen molar-refractivity contribution in [2.75, 3.05) is 13.1 Å². The number of amides is 2. The van der Waals surface area contributed by atoms with Crippen LogP contribution in [0.4, 0.5) is 0 Å². The number of nitrogens with two attached hydrogens (primary N) is 1. The lowest BCUT2D eigenvalue weighted by Crippen LogP contribution is -2.45. The molecule has 0 heterocycles. The van der Waals surface area contributed by atoms with E-state index in [2.05, 4.69) is 10.6 Å². The highest BCUT2D eigenvalue weighted by Crippen LogP contribution is 2.04. The molecule has 0 bridgehead atoms. The minimum Gasteiger partial charge on any atom is -0.356 e. The molecule has 5 nitrogen and oxygen atoms in total. The lowest BCUT2D eigenvalue weighted by Gasteiger charge is -2.17. The fraction of sp³-hybridized carbons (Fsp3) is 0.833. The fourth-order valence-corrected chi connectivity index (χ4v) is 1.28. The van der Waals surface area contributed by atoms with Gasteiger partial charge in [0.05, 0.1) is 6.04 Å². The Bertz CT molecular complexity index is 244. The molecule has 0 saturated carbocycles. The highest BCUT2D eigenvalue weighted by atomic mass is 16.2. The van der Waals surface area contributed by atoms with Crippen LogP contribution in [-0.4, -0.2) is 30.9 Å². The molecule has 0 rings (SSSR count). The van der Waals surface area contributed by atoms with Gasteiger partial charge in [0.1, 0.15) is 0 Å². The summed E-state index contributed by atoms with van der Waals surface area (Å²) in [6.07, 6.45) is 2.08. The molecule has 4 N–H and O–H groups in total. The Morgan fingerprint density at radius 3 is 2.35 bits per heavy atom. The Kier molecular flexibility index (Phi) is 8.40. The average molecular weight is 243 g/mol. The van der Waals surface area contributed by atoms with E-state index in [-0.39, 0.29) is 17.7 Å². The van der Waals surface area contributed by atoms with E-state index >= 15 is 0 Å². The number of rotatable bonds is 8. The van der Waals surface area contributed by atoms with Gasteiger partial charge in [-0.25, -0.2) is 0 Å². The fourth-order valence-electron chi connectivity index (χ4n) is 1.28. The third kappa shape index (κ3) is 6.94. The van der Waals surface area contributed by atoms with Crippen molar-refractivity contribution < 1.29 is 9.59 Å². The standard InChI is InChI=1S/C12H25N3O2/c1-4-7-14-10(16)6-8-15-12(17)11(13)9(3)5-2/h9,11H,4-8,13H2,1-3H3,(H,14,16)(H,15,17)/t9?,11-/m1/s1. The van der Waals surface area contributed by atoms with Gasteiger partial charge >= 0.3 is 0 Å². The predicted molar refractivity (Wildman–Crippen MR) is 68.4 cm³/mol. The summed E-state index contributed by atoms with van der Waals surface area (Å²) in [5.74, 6) is -0.0594. The van der Waals surface area contributed by atoms with Crippen LogP contribution in [0.3, 0.4) is 0 Å². The van der Waals surface area contributed by atoms with Crippen molar-refractivity contribution in [3.8, 4) is 0 Å². The first-order valence-electron chi connectivity index (χ1n) is 6.32. The zero-order valence-corrected chi connectivity index (χ0v) is 11.1. The van der Waals surface area contributed by atoms with Crippen molar-refractivity contribution in [2.45, 2.75) is 46.1 Å². The van der Waals surface area contributed by atoms with Gasteiger partial charge in [-0.2, -0.15) is 0 Å². The van der Waals surface area contributed by atoms with Gasteiger partial charge < -0.3 is 16.4 Å². The van der Waals surface area contributed by atoms with E-state index < -0.39 is 6.04 Å². The van der Waals surface area contributed by atoms with E-state index in [0.29, 0.717) is 19.5 Å². The molecule has 100 valence electrons. The topological polar surface area (TPSA) is 84.2 Å². The van der Waals surface area contributed by atoms with Crippen LogP contribution in [0.1, 0.15) is 40.0 Å². The lowest BCUT2D eigenvalue weighted by atomic mass is 9.99. The van der Waals surface area contributed by atoms with Gasteiger partial charge in [0, 0.05) is 19.5 Å². The summed E-state index contributed by atoms with van der Waals surface area (Å²) in [6, 6.07) is -0.487. The summed E-state index contributed by atoms with van der Waals surface area (Å²) < 4.78 is 0. The molecule has 0 saturated heterocycles. The van der Waals surface area contributed by atoms with Crippen molar-refractivity contribution >= 4 is 11.8 Å². The minimum absolute atomic E-state index is 0.0377. The Balaban J connectivity index is 3.74. The van der Waals surface area contributed by atoms with E-state index in [4.69, 9.17) is 5.73 Å². The van der Waals surface area contributed by atoms with Crippen LogP contribution >= 0.6 is 0 Å². The molecule has 1 unspecified atom stereocenters. The number of hydrogen-bond donors (Lipinski definition) is 3. The molecule has 0 aromatic heterocycles. The molecule has 0 aromatic carbocycles. The molecule has 0 aromatic rings. The zero-order chi connectivity index (χ0) is 13.3. The third-order valence-corrected chi connectivity index (χ3v) is 2.78. The highest BCUT2D eigenvalue weighted by Gasteiger charge is 2.18. The van der Waals surface area contributed by atoms with Crippen molar-refractivity contribution in [2.24, 2.45) is 11.7 Å². The van der Waals surface area contributed by atoms with Crippen LogP contribution in [-0.2, 0) is 9.59 Å². The van der Waals surface area contributed by atoms with Crippen LogP contribution in [0.25, 0.3) is 0 Å². The Hall–Kier alpha value is -1.10. The molecule has 2 amide bonds. The second-order valence-corrected chi connectivity index (χ2v) is 4.30. The summed E-state index contributed by atoms with van der Waals surface area (Å²) >= 11 is 0. The normalized spacial score (nSPS) is 13.9. The summed E-state index contributed by atoms with van der Waals surface area (Å²) in [7, 11) is 0. The van der Waals surface area contributed by atoms with Crippen LogP contribution in [0.5, 0.6) is 0 Å². The van der Waals surface area contributed by atoms with Crippen LogP contribution < -0.4 is 16.4 Å². The maximum Gasteiger partial charge on any atom is 0.237 e. The molecule has 0 aliphatic heterocycles. The number of carbonyl (C=O) groups is 2. The first kappa shape index (κ1) is 15.9. The number of nitrogens with one attached hydrogen (secondary N) is 2. The van der Waals surface area contributed by atoms with E-state index in [1.54, 1.807) is 0 Å². The molecular formula is C12H25N3O2. The van der Waals surface area contributed by atoms with Crippen molar-refractivity contribution in [3.63, 3.8) is 0 Å². The van der Waals surface area contributed by atoms with Crippen LogP contribution in [0, 0.1) is 5.92 Å². The molecule has 5 heteroatoms. The smallest absolute Gasteiger partial charge is 0.237 e. The number of hydrogen-bond acceptors (Lipinski definition) is 3. The second kappa shape index (κ2) is 8.98. The Morgan fingerprint density at radius 1 is 1.18 bits per heavy atom. The van der Waals surface area contributed by atoms with Crippen molar-refractivity contribution in [1.82, 2.24) is 10.6 Å². The predicted octanol–water partition coefficient (Wildman–Crippen LogP) is 0.392. The van der Waals surface area contributed by atoms with Crippen LogP contribution in [0.2, 0.25) is 0 Å². The Morgan fingerprint density at radius 2 is 1.82 bits per heavy atom. The summed E-state index contributed by atoms with van der Waals surface area (Å²) in [5.41, 5.74) is 5.76. The molecule has 0 spiro atoms. The highest BCUT2D eigenvalue weighted by molar-refractivity contribution is 5.82. The van der Waals surface area contributed by atoms with Gasteiger partial charge in [-0.1, -0.05) is 27.2 Å². The molecule has 0 radical (unpaired) electrons. The summed E-state index contributed by atoms with van der Waals surface area (Å²) in [5, 5.41) is 5.43. The number of carbonyl (C=O) groups excluding carboxylic acids is 2. The SMILES string of the molecule is CCCNC(=O)CCNC(=O)[C@H](N)C(C)CC.